The maximum atomic E-state index is 6.24. The van der Waals surface area contributed by atoms with Crippen LogP contribution in [-0.2, 0) is 0 Å². The number of hydrogen-bond donors (Lipinski definition) is 0. The summed E-state index contributed by atoms with van der Waals surface area (Å²) in [5.74, 6) is 0.905. The Morgan fingerprint density at radius 3 is 2.07 bits per heavy atom. The molecule has 5 aromatic carbocycles. The summed E-state index contributed by atoms with van der Waals surface area (Å²) in [4.78, 5) is 0. The van der Waals surface area contributed by atoms with E-state index in [-0.39, 0.29) is 6.10 Å². The Kier molecular flexibility index (Phi) is 3.84. The summed E-state index contributed by atoms with van der Waals surface area (Å²) in [6.07, 6.45) is 1.97. The van der Waals surface area contributed by atoms with Gasteiger partial charge >= 0.3 is 0 Å². The molecule has 5 rings (SSSR count). The lowest BCUT2D eigenvalue weighted by atomic mass is 9.89. The van der Waals surface area contributed by atoms with Gasteiger partial charge in [0, 0.05) is 11.1 Å². The average molecular weight is 362 g/mol. The molecule has 0 unspecified atom stereocenters. The molecule has 1 heteroatoms. The third-order valence-electron chi connectivity index (χ3n) is 5.44. The third-order valence-corrected chi connectivity index (χ3v) is 5.44. The standard InChI is InChI=1S/C27H22O/c1-4-18-7-6-10-24(27(18)28-17(2)3)22-15-13-21-12-11-19-8-5-9-20-14-16-23(22)26(21)25(19)20/h4-17H,1H2,2-3H3. The first-order valence-corrected chi connectivity index (χ1v) is 9.76. The number of ether oxygens (including phenoxy) is 1. The predicted octanol–water partition coefficient (Wildman–Crippen LogP) is 7.68. The maximum Gasteiger partial charge on any atom is 0.134 e. The molecular weight excluding hydrogens is 340 g/mol. The van der Waals surface area contributed by atoms with Gasteiger partial charge in [0.1, 0.15) is 5.75 Å². The van der Waals surface area contributed by atoms with Gasteiger partial charge in [-0.2, -0.15) is 0 Å². The van der Waals surface area contributed by atoms with E-state index in [1.807, 2.05) is 6.08 Å². The summed E-state index contributed by atoms with van der Waals surface area (Å²) in [6.45, 7) is 8.11. The van der Waals surface area contributed by atoms with Crippen LogP contribution in [0.4, 0.5) is 0 Å². The molecule has 0 aliphatic heterocycles. The monoisotopic (exact) mass is 362 g/mol. The van der Waals surface area contributed by atoms with Gasteiger partial charge in [0.15, 0.2) is 0 Å². The first kappa shape index (κ1) is 16.8. The van der Waals surface area contributed by atoms with Crippen LogP contribution in [0.25, 0.3) is 49.5 Å². The van der Waals surface area contributed by atoms with Gasteiger partial charge in [-0.25, -0.2) is 0 Å². The van der Waals surface area contributed by atoms with Crippen molar-refractivity contribution in [1.29, 1.82) is 0 Å². The van der Waals surface area contributed by atoms with Gasteiger partial charge < -0.3 is 4.74 Å². The highest BCUT2D eigenvalue weighted by molar-refractivity contribution is 6.25. The summed E-state index contributed by atoms with van der Waals surface area (Å²) in [5.41, 5.74) is 3.34. The fourth-order valence-corrected chi connectivity index (χ4v) is 4.27. The van der Waals surface area contributed by atoms with E-state index >= 15 is 0 Å². The fraction of sp³-hybridized carbons (Fsp3) is 0.111. The van der Waals surface area contributed by atoms with Gasteiger partial charge in [-0.1, -0.05) is 85.5 Å². The molecule has 5 aromatic rings. The highest BCUT2D eigenvalue weighted by Crippen LogP contribution is 2.42. The Morgan fingerprint density at radius 1 is 0.714 bits per heavy atom. The Balaban J connectivity index is 1.89. The zero-order valence-corrected chi connectivity index (χ0v) is 16.2. The molecule has 0 saturated carbocycles. The van der Waals surface area contributed by atoms with E-state index in [1.165, 1.54) is 37.9 Å². The van der Waals surface area contributed by atoms with Crippen molar-refractivity contribution in [1.82, 2.24) is 0 Å². The fourth-order valence-electron chi connectivity index (χ4n) is 4.27. The van der Waals surface area contributed by atoms with Gasteiger partial charge in [-0.15, -0.1) is 0 Å². The molecule has 0 atom stereocenters. The van der Waals surface area contributed by atoms with Crippen LogP contribution in [0.1, 0.15) is 19.4 Å². The summed E-state index contributed by atoms with van der Waals surface area (Å²) >= 11 is 0. The third kappa shape index (κ3) is 2.47. The van der Waals surface area contributed by atoms with Crippen molar-refractivity contribution in [3.8, 4) is 16.9 Å². The van der Waals surface area contributed by atoms with Gasteiger partial charge in [0.2, 0.25) is 0 Å². The highest BCUT2D eigenvalue weighted by atomic mass is 16.5. The molecule has 0 aliphatic rings. The van der Waals surface area contributed by atoms with Crippen molar-refractivity contribution in [3.05, 3.63) is 84.9 Å². The van der Waals surface area contributed by atoms with Crippen molar-refractivity contribution in [3.63, 3.8) is 0 Å². The van der Waals surface area contributed by atoms with Crippen LogP contribution >= 0.6 is 0 Å². The molecular formula is C27H22O. The molecule has 0 fully saturated rings. The van der Waals surface area contributed by atoms with E-state index in [1.54, 1.807) is 0 Å². The van der Waals surface area contributed by atoms with Gasteiger partial charge in [0.05, 0.1) is 6.10 Å². The van der Waals surface area contributed by atoms with Crippen LogP contribution in [-0.4, -0.2) is 6.10 Å². The Labute approximate surface area is 165 Å². The summed E-state index contributed by atoms with van der Waals surface area (Å²) in [7, 11) is 0. The summed E-state index contributed by atoms with van der Waals surface area (Å²) in [5, 5.41) is 7.77. The van der Waals surface area contributed by atoms with Crippen LogP contribution in [0.5, 0.6) is 5.75 Å². The molecule has 28 heavy (non-hydrogen) atoms. The molecule has 0 bridgehead atoms. The Morgan fingerprint density at radius 2 is 1.36 bits per heavy atom. The van der Waals surface area contributed by atoms with Crippen molar-refractivity contribution >= 4 is 38.4 Å². The zero-order valence-electron chi connectivity index (χ0n) is 16.2. The van der Waals surface area contributed by atoms with E-state index in [0.29, 0.717) is 0 Å². The first-order chi connectivity index (χ1) is 13.7. The van der Waals surface area contributed by atoms with Gasteiger partial charge in [-0.05, 0) is 51.7 Å². The number of benzene rings is 5. The van der Waals surface area contributed by atoms with E-state index < -0.39 is 0 Å². The van der Waals surface area contributed by atoms with E-state index in [9.17, 15) is 0 Å². The van der Waals surface area contributed by atoms with Crippen molar-refractivity contribution in [2.24, 2.45) is 0 Å². The van der Waals surface area contributed by atoms with Gasteiger partial charge in [0.25, 0.3) is 0 Å². The minimum Gasteiger partial charge on any atom is -0.490 e. The molecule has 1 nitrogen and oxygen atoms in total. The van der Waals surface area contributed by atoms with Crippen molar-refractivity contribution in [2.45, 2.75) is 20.0 Å². The van der Waals surface area contributed by atoms with E-state index in [0.717, 1.165) is 16.9 Å². The van der Waals surface area contributed by atoms with Crippen molar-refractivity contribution < 1.29 is 4.74 Å². The second-order valence-electron chi connectivity index (χ2n) is 7.56. The Bertz CT molecular complexity index is 1310. The lowest BCUT2D eigenvalue weighted by molar-refractivity contribution is 0.243. The second kappa shape index (κ2) is 6.38. The molecule has 0 aromatic heterocycles. The number of rotatable bonds is 4. The summed E-state index contributed by atoms with van der Waals surface area (Å²) < 4.78 is 6.24. The maximum absolute atomic E-state index is 6.24. The highest BCUT2D eigenvalue weighted by Gasteiger charge is 2.16. The van der Waals surface area contributed by atoms with E-state index in [4.69, 9.17) is 4.74 Å². The lowest BCUT2D eigenvalue weighted by Crippen LogP contribution is -2.07. The average Bonchev–Trinajstić information content (AvgIpc) is 2.72. The minimum absolute atomic E-state index is 0.0969. The second-order valence-corrected chi connectivity index (χ2v) is 7.56. The van der Waals surface area contributed by atoms with Gasteiger partial charge in [-0.3, -0.25) is 0 Å². The minimum atomic E-state index is 0.0969. The molecule has 0 N–H and O–H groups in total. The molecule has 0 amide bonds. The molecule has 0 heterocycles. The Hall–Kier alpha value is -3.32. The number of hydrogen-bond acceptors (Lipinski definition) is 1. The lowest BCUT2D eigenvalue weighted by Gasteiger charge is -2.19. The number of para-hydroxylation sites is 1. The van der Waals surface area contributed by atoms with Crippen molar-refractivity contribution in [2.75, 3.05) is 0 Å². The van der Waals surface area contributed by atoms with Crippen LogP contribution in [0.3, 0.4) is 0 Å². The molecule has 0 radical (unpaired) electrons. The molecule has 0 spiro atoms. The smallest absolute Gasteiger partial charge is 0.134 e. The molecule has 0 saturated heterocycles. The van der Waals surface area contributed by atoms with Crippen LogP contribution in [0.2, 0.25) is 0 Å². The van der Waals surface area contributed by atoms with Crippen LogP contribution in [0, 0.1) is 0 Å². The SMILES string of the molecule is C=Cc1cccc(-c2ccc3ccc4cccc5ccc2c3c45)c1OC(C)C. The molecule has 136 valence electrons. The largest absolute Gasteiger partial charge is 0.490 e. The normalized spacial score (nSPS) is 11.7. The summed E-state index contributed by atoms with van der Waals surface area (Å²) in [6, 6.07) is 26.2. The van der Waals surface area contributed by atoms with Crippen LogP contribution < -0.4 is 4.74 Å². The predicted molar refractivity (Wildman–Crippen MR) is 121 cm³/mol. The quantitative estimate of drug-likeness (QED) is 0.298. The molecule has 0 aliphatic carbocycles. The zero-order chi connectivity index (χ0) is 19.3. The van der Waals surface area contributed by atoms with Crippen LogP contribution in [0.15, 0.2) is 79.4 Å². The topological polar surface area (TPSA) is 9.23 Å². The first-order valence-electron chi connectivity index (χ1n) is 9.76. The van der Waals surface area contributed by atoms with E-state index in [2.05, 4.69) is 93.2 Å².